The number of thiazole rings is 1. The molecule has 3 N–H and O–H groups in total. The molecule has 1 rings (SSSR count). The van der Waals surface area contributed by atoms with E-state index in [4.69, 9.17) is 14.9 Å². The number of anilines is 1. The SMILES string of the molecule is O=CNc1cnc(OC(O)CCO)s1. The van der Waals surface area contributed by atoms with E-state index in [1.54, 1.807) is 0 Å². The molecule has 1 aromatic rings. The summed E-state index contributed by atoms with van der Waals surface area (Å²) in [6.07, 6.45) is 0.993. The highest BCUT2D eigenvalue weighted by molar-refractivity contribution is 7.17. The summed E-state index contributed by atoms with van der Waals surface area (Å²) < 4.78 is 4.93. The van der Waals surface area contributed by atoms with Crippen LogP contribution in [-0.2, 0) is 4.79 Å². The van der Waals surface area contributed by atoms with E-state index in [0.717, 1.165) is 11.3 Å². The summed E-state index contributed by atoms with van der Waals surface area (Å²) in [5.41, 5.74) is 0. The number of ether oxygens (including phenoxy) is 1. The summed E-state index contributed by atoms with van der Waals surface area (Å²) in [6, 6.07) is 0. The van der Waals surface area contributed by atoms with E-state index in [1.807, 2.05) is 0 Å². The van der Waals surface area contributed by atoms with Gasteiger partial charge in [0.15, 0.2) is 0 Å². The van der Waals surface area contributed by atoms with Crippen molar-refractivity contribution in [1.82, 2.24) is 4.98 Å². The molecule has 0 bridgehead atoms. The van der Waals surface area contributed by atoms with E-state index in [-0.39, 0.29) is 18.2 Å². The van der Waals surface area contributed by atoms with Gasteiger partial charge >= 0.3 is 0 Å². The molecule has 0 saturated carbocycles. The molecule has 6 nitrogen and oxygen atoms in total. The van der Waals surface area contributed by atoms with Gasteiger partial charge in [0.05, 0.1) is 6.20 Å². The van der Waals surface area contributed by atoms with Crippen LogP contribution in [-0.4, -0.2) is 34.5 Å². The lowest BCUT2D eigenvalue weighted by molar-refractivity contribution is -0.105. The maximum Gasteiger partial charge on any atom is 0.277 e. The molecule has 0 aliphatic carbocycles. The Morgan fingerprint density at radius 2 is 2.57 bits per heavy atom. The van der Waals surface area contributed by atoms with E-state index in [2.05, 4.69) is 10.3 Å². The highest BCUT2D eigenvalue weighted by Crippen LogP contribution is 2.25. The summed E-state index contributed by atoms with van der Waals surface area (Å²) in [5.74, 6) is 0. The van der Waals surface area contributed by atoms with E-state index < -0.39 is 6.29 Å². The number of nitrogens with one attached hydrogen (secondary N) is 1. The van der Waals surface area contributed by atoms with Gasteiger partial charge in [0, 0.05) is 13.0 Å². The summed E-state index contributed by atoms with van der Waals surface area (Å²) in [5, 5.41) is 20.8. The fraction of sp³-hybridized carbons (Fsp3) is 0.429. The van der Waals surface area contributed by atoms with Gasteiger partial charge in [0.2, 0.25) is 12.7 Å². The van der Waals surface area contributed by atoms with Gasteiger partial charge in [-0.25, -0.2) is 4.98 Å². The van der Waals surface area contributed by atoms with E-state index in [9.17, 15) is 4.79 Å². The van der Waals surface area contributed by atoms with Crippen LogP contribution in [0.1, 0.15) is 6.42 Å². The summed E-state index contributed by atoms with van der Waals surface area (Å²) >= 11 is 1.09. The van der Waals surface area contributed by atoms with Crippen LogP contribution in [0.4, 0.5) is 5.00 Å². The average Bonchev–Trinajstić information content (AvgIpc) is 2.53. The lowest BCUT2D eigenvalue weighted by Gasteiger charge is -2.07. The second-order valence-corrected chi connectivity index (χ2v) is 3.33. The highest BCUT2D eigenvalue weighted by Gasteiger charge is 2.08. The van der Waals surface area contributed by atoms with Gasteiger partial charge in [0.1, 0.15) is 5.00 Å². The normalized spacial score (nSPS) is 12.1. The van der Waals surface area contributed by atoms with Crippen LogP contribution >= 0.6 is 11.3 Å². The Morgan fingerprint density at radius 1 is 1.79 bits per heavy atom. The van der Waals surface area contributed by atoms with Gasteiger partial charge in [-0.05, 0) is 0 Å². The Labute approximate surface area is 84.2 Å². The fourth-order valence-electron chi connectivity index (χ4n) is 0.723. The second kappa shape index (κ2) is 5.53. The van der Waals surface area contributed by atoms with E-state index in [0.29, 0.717) is 11.4 Å². The van der Waals surface area contributed by atoms with Crippen LogP contribution in [0.2, 0.25) is 0 Å². The number of aliphatic hydroxyl groups is 2. The van der Waals surface area contributed by atoms with Crippen molar-refractivity contribution in [2.45, 2.75) is 12.7 Å². The molecule has 7 heteroatoms. The predicted molar refractivity (Wildman–Crippen MR) is 50.1 cm³/mol. The molecule has 0 aliphatic heterocycles. The monoisotopic (exact) mass is 218 g/mol. The third kappa shape index (κ3) is 3.29. The van der Waals surface area contributed by atoms with Crippen LogP contribution < -0.4 is 10.1 Å². The zero-order chi connectivity index (χ0) is 10.4. The minimum atomic E-state index is -1.07. The van der Waals surface area contributed by atoms with Crippen molar-refractivity contribution in [3.63, 3.8) is 0 Å². The Kier molecular flexibility index (Phi) is 4.30. The van der Waals surface area contributed by atoms with Gasteiger partial charge in [-0.3, -0.25) is 4.79 Å². The standard InChI is InChI=1S/C7H10N2O4S/c10-2-1-6(12)13-7-8-3-5(14-7)9-4-11/h3-4,6,10,12H,1-2H2,(H,9,11). The van der Waals surface area contributed by atoms with Crippen molar-refractivity contribution in [1.29, 1.82) is 0 Å². The predicted octanol–water partition coefficient (Wildman–Crippen LogP) is -0.209. The van der Waals surface area contributed by atoms with Crippen molar-refractivity contribution >= 4 is 22.7 Å². The molecular weight excluding hydrogens is 208 g/mol. The third-order valence-corrected chi connectivity index (χ3v) is 2.12. The molecule has 0 aromatic carbocycles. The molecule has 1 heterocycles. The zero-order valence-corrected chi connectivity index (χ0v) is 8.03. The first kappa shape index (κ1) is 10.9. The van der Waals surface area contributed by atoms with Crippen molar-refractivity contribution in [3.05, 3.63) is 6.20 Å². The third-order valence-electron chi connectivity index (χ3n) is 1.30. The number of rotatable bonds is 6. The van der Waals surface area contributed by atoms with Crippen molar-refractivity contribution in [2.75, 3.05) is 11.9 Å². The first-order chi connectivity index (χ1) is 6.76. The maximum absolute atomic E-state index is 10.1. The smallest absolute Gasteiger partial charge is 0.277 e. The van der Waals surface area contributed by atoms with Crippen molar-refractivity contribution < 1.29 is 19.7 Å². The molecule has 0 spiro atoms. The average molecular weight is 218 g/mol. The zero-order valence-electron chi connectivity index (χ0n) is 7.21. The molecule has 14 heavy (non-hydrogen) atoms. The molecule has 1 aromatic heterocycles. The minimum Gasteiger partial charge on any atom is -0.440 e. The van der Waals surface area contributed by atoms with Gasteiger partial charge in [-0.1, -0.05) is 11.3 Å². The lowest BCUT2D eigenvalue weighted by Crippen LogP contribution is -2.16. The number of aliphatic hydroxyl groups excluding tert-OH is 2. The van der Waals surface area contributed by atoms with E-state index in [1.165, 1.54) is 6.20 Å². The number of nitrogens with zero attached hydrogens (tertiary/aromatic N) is 1. The molecule has 1 amide bonds. The maximum atomic E-state index is 10.1. The number of carbonyl (C=O) groups excluding carboxylic acids is 1. The van der Waals surface area contributed by atoms with Crippen LogP contribution in [0.5, 0.6) is 5.19 Å². The number of amides is 1. The number of hydrogen-bond donors (Lipinski definition) is 3. The number of carbonyl (C=O) groups is 1. The molecule has 0 saturated heterocycles. The Morgan fingerprint density at radius 3 is 3.21 bits per heavy atom. The van der Waals surface area contributed by atoms with Crippen molar-refractivity contribution in [3.8, 4) is 5.19 Å². The van der Waals surface area contributed by atoms with E-state index >= 15 is 0 Å². The summed E-state index contributed by atoms with van der Waals surface area (Å²) in [6.45, 7) is -0.161. The molecule has 78 valence electrons. The molecular formula is C7H10N2O4S. The Balaban J connectivity index is 2.46. The first-order valence-electron chi connectivity index (χ1n) is 3.88. The van der Waals surface area contributed by atoms with Crippen molar-refractivity contribution in [2.24, 2.45) is 0 Å². The molecule has 1 atom stereocenters. The molecule has 0 radical (unpaired) electrons. The highest BCUT2D eigenvalue weighted by atomic mass is 32.1. The quantitative estimate of drug-likeness (QED) is 0.454. The summed E-state index contributed by atoms with van der Waals surface area (Å²) in [7, 11) is 0. The van der Waals surface area contributed by atoms with Crippen LogP contribution in [0, 0.1) is 0 Å². The second-order valence-electron chi connectivity index (χ2n) is 2.34. The van der Waals surface area contributed by atoms with Gasteiger partial charge in [-0.2, -0.15) is 0 Å². The molecule has 0 fully saturated rings. The largest absolute Gasteiger partial charge is 0.440 e. The van der Waals surface area contributed by atoms with Crippen LogP contribution in [0.15, 0.2) is 6.20 Å². The van der Waals surface area contributed by atoms with Crippen LogP contribution in [0.25, 0.3) is 0 Å². The first-order valence-corrected chi connectivity index (χ1v) is 4.69. The minimum absolute atomic E-state index is 0.121. The molecule has 0 aliphatic rings. The van der Waals surface area contributed by atoms with Gasteiger partial charge in [-0.15, -0.1) is 0 Å². The molecule has 1 unspecified atom stereocenters. The Bertz CT molecular complexity index is 291. The summed E-state index contributed by atoms with van der Waals surface area (Å²) in [4.78, 5) is 13.8. The van der Waals surface area contributed by atoms with Crippen LogP contribution in [0.3, 0.4) is 0 Å². The fourth-order valence-corrected chi connectivity index (χ4v) is 1.39. The topological polar surface area (TPSA) is 91.7 Å². The lowest BCUT2D eigenvalue weighted by atomic mass is 10.4. The Hall–Kier alpha value is -1.18. The number of aromatic nitrogens is 1. The number of hydrogen-bond acceptors (Lipinski definition) is 6. The van der Waals surface area contributed by atoms with Gasteiger partial charge in [0.25, 0.3) is 5.19 Å². The van der Waals surface area contributed by atoms with Gasteiger partial charge < -0.3 is 20.3 Å².